The highest BCUT2D eigenvalue weighted by Crippen LogP contribution is 2.38. The zero-order valence-electron chi connectivity index (χ0n) is 9.96. The Hall–Kier alpha value is -1.53. The fraction of sp³-hybridized carbons (Fsp3) is 0.333. The average Bonchev–Trinajstić information content (AvgIpc) is 2.91. The summed E-state index contributed by atoms with van der Waals surface area (Å²) in [5.74, 6) is 0.964. The molecule has 6 heteroatoms. The number of para-hydroxylation sites is 1. The Kier molecular flexibility index (Phi) is 3.21. The first-order valence-electron chi connectivity index (χ1n) is 5.79. The fourth-order valence-electron chi connectivity index (χ4n) is 2.18. The van der Waals surface area contributed by atoms with Gasteiger partial charge in [-0.2, -0.15) is 5.10 Å². The number of aromatic amines is 1. The molecule has 2 atom stereocenters. The molecule has 1 aliphatic heterocycles. The van der Waals surface area contributed by atoms with Crippen LogP contribution in [0, 0.1) is 0 Å². The summed E-state index contributed by atoms with van der Waals surface area (Å²) in [7, 11) is 1.97. The number of rotatable bonds is 3. The van der Waals surface area contributed by atoms with Crippen LogP contribution in [0.5, 0.6) is 5.75 Å². The van der Waals surface area contributed by atoms with Crippen molar-refractivity contribution in [2.75, 3.05) is 13.7 Å². The van der Waals surface area contributed by atoms with E-state index < -0.39 is 0 Å². The Balaban J connectivity index is 1.85. The Morgan fingerprint density at radius 3 is 3.11 bits per heavy atom. The fourth-order valence-corrected chi connectivity index (χ4v) is 3.23. The standard InChI is InChI=1S/C12H14N4OS/c1-13-11-8-4-2-3-5-9(8)17-6-10(11)18-12-14-7-15-16-12/h2-5,7,10-11,13H,6H2,1H3,(H,14,15,16). The number of H-pyrrole nitrogens is 1. The third-order valence-electron chi connectivity index (χ3n) is 3.00. The van der Waals surface area contributed by atoms with E-state index in [4.69, 9.17) is 4.74 Å². The first-order valence-corrected chi connectivity index (χ1v) is 6.67. The Labute approximate surface area is 109 Å². The van der Waals surface area contributed by atoms with Crippen LogP contribution in [-0.2, 0) is 0 Å². The minimum atomic E-state index is 0.255. The number of thioether (sulfide) groups is 1. The molecule has 0 amide bonds. The van der Waals surface area contributed by atoms with Crippen LogP contribution in [0.3, 0.4) is 0 Å². The maximum atomic E-state index is 5.79. The van der Waals surface area contributed by atoms with E-state index in [0.717, 1.165) is 10.9 Å². The highest BCUT2D eigenvalue weighted by Gasteiger charge is 2.31. The van der Waals surface area contributed by atoms with Crippen molar-refractivity contribution in [3.8, 4) is 5.75 Å². The molecule has 0 radical (unpaired) electrons. The SMILES string of the molecule is CNC1c2ccccc2OCC1Sc1ncn[nH]1. The zero-order valence-corrected chi connectivity index (χ0v) is 10.8. The van der Waals surface area contributed by atoms with Crippen LogP contribution in [-0.4, -0.2) is 34.1 Å². The summed E-state index contributed by atoms with van der Waals surface area (Å²) in [6.07, 6.45) is 1.52. The van der Waals surface area contributed by atoms with Crippen molar-refractivity contribution in [2.24, 2.45) is 0 Å². The minimum absolute atomic E-state index is 0.255. The van der Waals surface area contributed by atoms with Gasteiger partial charge in [0.1, 0.15) is 18.7 Å². The van der Waals surface area contributed by atoms with E-state index in [1.807, 2.05) is 25.2 Å². The van der Waals surface area contributed by atoms with Gasteiger partial charge in [-0.25, -0.2) is 4.98 Å². The van der Waals surface area contributed by atoms with Gasteiger partial charge in [-0.3, -0.25) is 5.10 Å². The molecule has 1 aliphatic rings. The number of hydrogen-bond acceptors (Lipinski definition) is 5. The molecule has 0 bridgehead atoms. The van der Waals surface area contributed by atoms with E-state index >= 15 is 0 Å². The average molecular weight is 262 g/mol. The van der Waals surface area contributed by atoms with Crippen molar-refractivity contribution in [1.82, 2.24) is 20.5 Å². The summed E-state index contributed by atoms with van der Waals surface area (Å²) >= 11 is 1.65. The van der Waals surface area contributed by atoms with Gasteiger partial charge in [-0.05, 0) is 13.1 Å². The molecule has 0 saturated carbocycles. The maximum Gasteiger partial charge on any atom is 0.183 e. The van der Waals surface area contributed by atoms with Crippen LogP contribution >= 0.6 is 11.8 Å². The molecule has 1 aromatic heterocycles. The van der Waals surface area contributed by atoms with Gasteiger partial charge >= 0.3 is 0 Å². The molecule has 18 heavy (non-hydrogen) atoms. The van der Waals surface area contributed by atoms with Crippen molar-refractivity contribution < 1.29 is 4.74 Å². The molecular formula is C12H14N4OS. The van der Waals surface area contributed by atoms with E-state index in [2.05, 4.69) is 26.6 Å². The second kappa shape index (κ2) is 4.99. The third kappa shape index (κ3) is 2.09. The lowest BCUT2D eigenvalue weighted by atomic mass is 10.0. The molecule has 2 aromatic rings. The summed E-state index contributed by atoms with van der Waals surface area (Å²) in [5, 5.41) is 11.2. The zero-order chi connectivity index (χ0) is 12.4. The molecule has 2 unspecified atom stereocenters. The Morgan fingerprint density at radius 2 is 2.33 bits per heavy atom. The third-order valence-corrected chi connectivity index (χ3v) is 4.13. The maximum absolute atomic E-state index is 5.79. The van der Waals surface area contributed by atoms with E-state index in [0.29, 0.717) is 6.61 Å². The van der Waals surface area contributed by atoms with Crippen LogP contribution in [0.1, 0.15) is 11.6 Å². The molecule has 2 heterocycles. The topological polar surface area (TPSA) is 62.8 Å². The van der Waals surface area contributed by atoms with Crippen LogP contribution in [0.15, 0.2) is 35.7 Å². The van der Waals surface area contributed by atoms with Crippen LogP contribution in [0.25, 0.3) is 0 Å². The van der Waals surface area contributed by atoms with Crippen molar-refractivity contribution in [3.05, 3.63) is 36.2 Å². The molecule has 0 fully saturated rings. The number of benzene rings is 1. The van der Waals surface area contributed by atoms with Crippen molar-refractivity contribution in [3.63, 3.8) is 0 Å². The highest BCUT2D eigenvalue weighted by atomic mass is 32.2. The monoisotopic (exact) mass is 262 g/mol. The lowest BCUT2D eigenvalue weighted by Gasteiger charge is -2.32. The summed E-state index contributed by atoms with van der Waals surface area (Å²) in [6, 6.07) is 8.40. The number of hydrogen-bond donors (Lipinski definition) is 2. The van der Waals surface area contributed by atoms with Gasteiger partial charge in [0.05, 0.1) is 11.3 Å². The van der Waals surface area contributed by atoms with E-state index in [9.17, 15) is 0 Å². The van der Waals surface area contributed by atoms with Crippen LogP contribution in [0.2, 0.25) is 0 Å². The summed E-state index contributed by atoms with van der Waals surface area (Å²) in [6.45, 7) is 0.661. The molecule has 5 nitrogen and oxygen atoms in total. The lowest BCUT2D eigenvalue weighted by Crippen LogP contribution is -2.35. The first-order chi connectivity index (χ1) is 8.88. The summed E-state index contributed by atoms with van der Waals surface area (Å²) < 4.78 is 5.79. The van der Waals surface area contributed by atoms with Crippen molar-refractivity contribution in [1.29, 1.82) is 0 Å². The van der Waals surface area contributed by atoms with Gasteiger partial charge in [0.2, 0.25) is 0 Å². The predicted octanol–water partition coefficient (Wildman–Crippen LogP) is 1.62. The van der Waals surface area contributed by atoms with Crippen LogP contribution < -0.4 is 10.1 Å². The van der Waals surface area contributed by atoms with Gasteiger partial charge in [-0.1, -0.05) is 30.0 Å². The largest absolute Gasteiger partial charge is 0.492 e. The smallest absolute Gasteiger partial charge is 0.183 e. The minimum Gasteiger partial charge on any atom is -0.492 e. The number of aromatic nitrogens is 3. The molecule has 1 aromatic carbocycles. The lowest BCUT2D eigenvalue weighted by molar-refractivity contribution is 0.264. The Morgan fingerprint density at radius 1 is 1.44 bits per heavy atom. The van der Waals surface area contributed by atoms with Crippen molar-refractivity contribution in [2.45, 2.75) is 16.4 Å². The highest BCUT2D eigenvalue weighted by molar-refractivity contribution is 7.99. The second-order valence-corrected chi connectivity index (χ2v) is 5.29. The predicted molar refractivity (Wildman–Crippen MR) is 69.8 cm³/mol. The molecule has 94 valence electrons. The van der Waals surface area contributed by atoms with Crippen LogP contribution in [0.4, 0.5) is 0 Å². The molecule has 2 N–H and O–H groups in total. The van der Waals surface area contributed by atoms with Gasteiger partial charge in [0, 0.05) is 5.56 Å². The molecular weight excluding hydrogens is 248 g/mol. The molecule has 3 rings (SSSR count). The number of fused-ring (bicyclic) bond motifs is 1. The number of ether oxygens (including phenoxy) is 1. The van der Waals surface area contributed by atoms with Crippen molar-refractivity contribution >= 4 is 11.8 Å². The van der Waals surface area contributed by atoms with E-state index in [-0.39, 0.29) is 11.3 Å². The first kappa shape index (κ1) is 11.6. The molecule has 0 spiro atoms. The quantitative estimate of drug-likeness (QED) is 0.880. The number of nitrogens with one attached hydrogen (secondary N) is 2. The second-order valence-electron chi connectivity index (χ2n) is 4.06. The van der Waals surface area contributed by atoms with E-state index in [1.54, 1.807) is 11.8 Å². The Bertz CT molecular complexity index is 517. The normalized spacial score (nSPS) is 22.3. The van der Waals surface area contributed by atoms with Gasteiger partial charge in [0.25, 0.3) is 0 Å². The van der Waals surface area contributed by atoms with Gasteiger partial charge < -0.3 is 10.1 Å². The van der Waals surface area contributed by atoms with E-state index in [1.165, 1.54) is 11.9 Å². The number of nitrogens with zero attached hydrogens (tertiary/aromatic N) is 2. The van der Waals surface area contributed by atoms with Gasteiger partial charge in [0.15, 0.2) is 5.16 Å². The summed E-state index contributed by atoms with van der Waals surface area (Å²) in [4.78, 5) is 4.15. The summed E-state index contributed by atoms with van der Waals surface area (Å²) in [5.41, 5.74) is 1.20. The molecule has 0 saturated heterocycles. The molecule has 0 aliphatic carbocycles. The van der Waals surface area contributed by atoms with Gasteiger partial charge in [-0.15, -0.1) is 0 Å².